The van der Waals surface area contributed by atoms with Crippen LogP contribution < -0.4 is 10.9 Å². The maximum absolute atomic E-state index is 13.3. The van der Waals surface area contributed by atoms with Crippen molar-refractivity contribution in [2.24, 2.45) is 0 Å². The zero-order valence-corrected chi connectivity index (χ0v) is 18.7. The fraction of sp³-hybridized carbons (Fsp3) is 0.269. The number of benzene rings is 2. The Kier molecular flexibility index (Phi) is 5.86. The molecule has 0 spiro atoms. The summed E-state index contributed by atoms with van der Waals surface area (Å²) in [5.41, 5.74) is 5.77. The van der Waals surface area contributed by atoms with Crippen molar-refractivity contribution in [3.05, 3.63) is 87.3 Å². The van der Waals surface area contributed by atoms with Crippen LogP contribution in [0.2, 0.25) is 0 Å². The molecular formula is C26H25N3O2S. The summed E-state index contributed by atoms with van der Waals surface area (Å²) in [4.78, 5) is 30.9. The first-order chi connectivity index (χ1) is 15.7. The van der Waals surface area contributed by atoms with Crippen LogP contribution in [0.15, 0.2) is 65.0 Å². The van der Waals surface area contributed by atoms with Crippen molar-refractivity contribution >= 4 is 27.5 Å². The van der Waals surface area contributed by atoms with Gasteiger partial charge in [-0.3, -0.25) is 14.2 Å². The average Bonchev–Trinajstić information content (AvgIpc) is 3.26. The normalized spacial score (nSPS) is 13.1. The van der Waals surface area contributed by atoms with Gasteiger partial charge in [-0.1, -0.05) is 48.5 Å². The largest absolute Gasteiger partial charge is 0.354 e. The second kappa shape index (κ2) is 9.09. The zero-order valence-electron chi connectivity index (χ0n) is 17.8. The van der Waals surface area contributed by atoms with E-state index in [0.717, 1.165) is 30.4 Å². The van der Waals surface area contributed by atoms with Crippen molar-refractivity contribution in [2.45, 2.75) is 38.6 Å². The van der Waals surface area contributed by atoms with E-state index in [2.05, 4.69) is 28.5 Å². The highest BCUT2D eigenvalue weighted by atomic mass is 32.1. The molecule has 1 aliphatic rings. The van der Waals surface area contributed by atoms with Gasteiger partial charge in [0.2, 0.25) is 5.91 Å². The van der Waals surface area contributed by atoms with E-state index in [0.29, 0.717) is 16.8 Å². The molecule has 4 aromatic rings. The molecular weight excluding hydrogens is 418 g/mol. The van der Waals surface area contributed by atoms with Crippen molar-refractivity contribution in [3.63, 3.8) is 0 Å². The van der Waals surface area contributed by atoms with Gasteiger partial charge in [-0.25, -0.2) is 4.98 Å². The molecule has 0 aliphatic heterocycles. The van der Waals surface area contributed by atoms with E-state index in [-0.39, 0.29) is 18.0 Å². The van der Waals surface area contributed by atoms with Crippen LogP contribution in [0, 0.1) is 0 Å². The van der Waals surface area contributed by atoms with Crippen molar-refractivity contribution in [3.8, 4) is 11.1 Å². The van der Waals surface area contributed by atoms with Gasteiger partial charge < -0.3 is 5.32 Å². The molecule has 32 heavy (non-hydrogen) atoms. The molecule has 0 radical (unpaired) electrons. The minimum Gasteiger partial charge on any atom is -0.354 e. The second-order valence-corrected chi connectivity index (χ2v) is 9.14. The Morgan fingerprint density at radius 2 is 1.88 bits per heavy atom. The van der Waals surface area contributed by atoms with Crippen molar-refractivity contribution in [1.82, 2.24) is 14.9 Å². The smallest absolute Gasteiger partial charge is 0.263 e. The lowest BCUT2D eigenvalue weighted by atomic mass is 9.89. The third-order valence-corrected chi connectivity index (χ3v) is 7.00. The number of carbonyl (C=O) groups excluding carboxylic acids is 1. The lowest BCUT2D eigenvalue weighted by Gasteiger charge is -2.16. The number of hydrogen-bond acceptors (Lipinski definition) is 4. The van der Waals surface area contributed by atoms with Crippen LogP contribution in [0.1, 0.15) is 29.5 Å². The van der Waals surface area contributed by atoms with Crippen LogP contribution in [0.3, 0.4) is 0 Å². The van der Waals surface area contributed by atoms with Crippen LogP contribution in [0.5, 0.6) is 0 Å². The summed E-state index contributed by atoms with van der Waals surface area (Å²) in [6, 6.07) is 16.5. The molecule has 0 saturated carbocycles. The second-order valence-electron chi connectivity index (χ2n) is 8.28. The number of rotatable bonds is 6. The van der Waals surface area contributed by atoms with Gasteiger partial charge in [0.05, 0.1) is 11.7 Å². The number of hydrogen-bond donors (Lipinski definition) is 1. The average molecular weight is 444 g/mol. The standard InChI is InChI=1S/C26H25N3O2S/c30-23(27-13-12-18-6-2-1-3-7-18)15-29-17-28-25-24(26(29)31)22(16-32-25)21-11-10-19-8-4-5-9-20(19)14-21/h1-3,6-7,10-11,14,16-17H,4-5,8-9,12-13,15H2,(H,27,30). The molecule has 162 valence electrons. The number of amides is 1. The Balaban J connectivity index is 1.36. The highest BCUT2D eigenvalue weighted by Crippen LogP contribution is 2.33. The molecule has 5 rings (SSSR count). The molecule has 1 aliphatic carbocycles. The summed E-state index contributed by atoms with van der Waals surface area (Å²) in [6.07, 6.45) is 6.93. The molecule has 6 heteroatoms. The SMILES string of the molecule is O=C(Cn1cnc2scc(-c3ccc4c(c3)CCCC4)c2c1=O)NCCc1ccccc1. The van der Waals surface area contributed by atoms with Crippen molar-refractivity contribution in [2.75, 3.05) is 6.54 Å². The number of fused-ring (bicyclic) bond motifs is 2. The molecule has 1 N–H and O–H groups in total. The first-order valence-corrected chi connectivity index (χ1v) is 12.0. The summed E-state index contributed by atoms with van der Waals surface area (Å²) < 4.78 is 1.41. The minimum atomic E-state index is -0.185. The van der Waals surface area contributed by atoms with Crippen molar-refractivity contribution in [1.29, 1.82) is 0 Å². The molecule has 0 atom stereocenters. The lowest BCUT2D eigenvalue weighted by molar-refractivity contribution is -0.121. The van der Waals surface area contributed by atoms with E-state index in [9.17, 15) is 9.59 Å². The number of thiophene rings is 1. The number of nitrogens with one attached hydrogen (secondary N) is 1. The topological polar surface area (TPSA) is 64.0 Å². The number of nitrogens with zero attached hydrogens (tertiary/aromatic N) is 2. The van der Waals surface area contributed by atoms with E-state index in [1.807, 2.05) is 35.7 Å². The number of carbonyl (C=O) groups is 1. The summed E-state index contributed by atoms with van der Waals surface area (Å²) >= 11 is 1.47. The highest BCUT2D eigenvalue weighted by molar-refractivity contribution is 7.17. The predicted molar refractivity (Wildman–Crippen MR) is 129 cm³/mol. The molecule has 2 aromatic carbocycles. The van der Waals surface area contributed by atoms with Gasteiger partial charge in [-0.2, -0.15) is 0 Å². The summed E-state index contributed by atoms with van der Waals surface area (Å²) in [5, 5.41) is 5.52. The van der Waals surface area contributed by atoms with E-state index >= 15 is 0 Å². The summed E-state index contributed by atoms with van der Waals surface area (Å²) in [6.45, 7) is 0.502. The molecule has 1 amide bonds. The monoisotopic (exact) mass is 443 g/mol. The van der Waals surface area contributed by atoms with Gasteiger partial charge in [-0.15, -0.1) is 11.3 Å². The first-order valence-electron chi connectivity index (χ1n) is 11.1. The van der Waals surface area contributed by atoms with E-state index in [1.165, 1.54) is 51.8 Å². The van der Waals surface area contributed by atoms with Crippen LogP contribution >= 0.6 is 11.3 Å². The van der Waals surface area contributed by atoms with Gasteiger partial charge in [-0.05, 0) is 54.4 Å². The van der Waals surface area contributed by atoms with Gasteiger partial charge in [0.1, 0.15) is 11.4 Å². The lowest BCUT2D eigenvalue weighted by Crippen LogP contribution is -2.33. The summed E-state index contributed by atoms with van der Waals surface area (Å²) in [7, 11) is 0. The van der Waals surface area contributed by atoms with Crippen LogP contribution in [-0.2, 0) is 30.6 Å². The van der Waals surface area contributed by atoms with E-state index in [4.69, 9.17) is 0 Å². The van der Waals surface area contributed by atoms with E-state index in [1.54, 1.807) is 0 Å². The zero-order chi connectivity index (χ0) is 21.9. The molecule has 0 unspecified atom stereocenters. The van der Waals surface area contributed by atoms with Crippen LogP contribution in [0.4, 0.5) is 0 Å². The quantitative estimate of drug-likeness (QED) is 0.482. The fourth-order valence-electron chi connectivity index (χ4n) is 4.40. The fourth-order valence-corrected chi connectivity index (χ4v) is 5.30. The molecule has 5 nitrogen and oxygen atoms in total. The van der Waals surface area contributed by atoms with Crippen LogP contribution in [-0.4, -0.2) is 22.0 Å². The first kappa shape index (κ1) is 20.6. The van der Waals surface area contributed by atoms with Gasteiger partial charge >= 0.3 is 0 Å². The maximum atomic E-state index is 13.3. The number of aryl methyl sites for hydroxylation is 2. The van der Waals surface area contributed by atoms with Gasteiger partial charge in [0, 0.05) is 17.5 Å². The van der Waals surface area contributed by atoms with Gasteiger partial charge in [0.25, 0.3) is 5.56 Å². The Hall–Kier alpha value is -3.25. The molecule has 0 fully saturated rings. The Bertz CT molecular complexity index is 1320. The van der Waals surface area contributed by atoms with E-state index < -0.39 is 0 Å². The van der Waals surface area contributed by atoms with Crippen molar-refractivity contribution < 1.29 is 4.79 Å². The van der Waals surface area contributed by atoms with Gasteiger partial charge in [0.15, 0.2) is 0 Å². The molecule has 0 saturated heterocycles. The Morgan fingerprint density at radius 1 is 1.06 bits per heavy atom. The highest BCUT2D eigenvalue weighted by Gasteiger charge is 2.17. The Labute approximate surface area is 190 Å². The third-order valence-electron chi connectivity index (χ3n) is 6.11. The van der Waals surface area contributed by atoms with Crippen LogP contribution in [0.25, 0.3) is 21.3 Å². The maximum Gasteiger partial charge on any atom is 0.263 e. The predicted octanol–water partition coefficient (Wildman–Crippen LogP) is 4.36. The molecule has 0 bridgehead atoms. The Morgan fingerprint density at radius 3 is 2.72 bits per heavy atom. The summed E-state index contributed by atoms with van der Waals surface area (Å²) in [5.74, 6) is -0.185. The molecule has 2 aromatic heterocycles. The minimum absolute atomic E-state index is 0.0317. The third kappa shape index (κ3) is 4.23. The molecule has 2 heterocycles. The number of aromatic nitrogens is 2.